The van der Waals surface area contributed by atoms with Crippen LogP contribution < -0.4 is 0 Å². The van der Waals surface area contributed by atoms with Gasteiger partial charge >= 0.3 is 0 Å². The van der Waals surface area contributed by atoms with E-state index < -0.39 is 0 Å². The summed E-state index contributed by atoms with van der Waals surface area (Å²) in [6.07, 6.45) is 6.78. The van der Waals surface area contributed by atoms with Gasteiger partial charge in [-0.1, -0.05) is 115 Å². The maximum Gasteiger partial charge on any atom is 0.0548 e. The Labute approximate surface area is 299 Å². The van der Waals surface area contributed by atoms with Crippen LogP contribution in [-0.4, -0.2) is 9.13 Å². The zero-order valence-corrected chi connectivity index (χ0v) is 28.7. The van der Waals surface area contributed by atoms with E-state index in [1.54, 1.807) is 0 Å². The molecule has 0 saturated heterocycles. The van der Waals surface area contributed by atoms with Crippen molar-refractivity contribution in [2.45, 2.75) is 12.8 Å². The maximum atomic E-state index is 2.54. The fourth-order valence-corrected chi connectivity index (χ4v) is 9.65. The molecule has 3 heterocycles. The molecule has 0 saturated carbocycles. The number of allylic oxidation sites excluding steroid dienone is 1. The van der Waals surface area contributed by atoms with Crippen LogP contribution in [-0.2, 0) is 6.42 Å². The summed E-state index contributed by atoms with van der Waals surface area (Å²) in [4.78, 5) is 0. The fourth-order valence-electron chi connectivity index (χ4n) is 8.50. The van der Waals surface area contributed by atoms with Crippen LogP contribution in [0.2, 0.25) is 0 Å². The quantitative estimate of drug-likeness (QED) is 0.177. The standard InChI is InChI=1S/C48H32N2S/c1-2-11-31(12-3-1)32-21-24-35(25-22-32)49-41-18-7-4-16-39(41)47-43(49)27-28-44-48(47)40-17-5-8-19-42(40)50(44)36-14-10-13-33(29-36)34-23-26-38-37-15-6-9-20-45(37)51-46(38)30-34/h1-7,9-18,20-30H,8,19H2. The first-order valence-electron chi connectivity index (χ1n) is 17.7. The monoisotopic (exact) mass is 668 g/mol. The number of hydrogen-bond acceptors (Lipinski definition) is 1. The highest BCUT2D eigenvalue weighted by molar-refractivity contribution is 7.25. The molecule has 51 heavy (non-hydrogen) atoms. The van der Waals surface area contributed by atoms with Crippen LogP contribution in [0.1, 0.15) is 17.7 Å². The largest absolute Gasteiger partial charge is 0.313 e. The van der Waals surface area contributed by atoms with Crippen LogP contribution in [0.3, 0.4) is 0 Å². The summed E-state index contributed by atoms with van der Waals surface area (Å²) in [5.74, 6) is 0. The van der Waals surface area contributed by atoms with E-state index in [1.165, 1.54) is 97.8 Å². The number of aromatic nitrogens is 2. The second-order valence-corrected chi connectivity index (χ2v) is 14.7. The van der Waals surface area contributed by atoms with E-state index in [0.29, 0.717) is 0 Å². The molecule has 0 atom stereocenters. The van der Waals surface area contributed by atoms with Crippen molar-refractivity contribution in [2.75, 3.05) is 0 Å². The molecule has 10 aromatic rings. The molecule has 7 aromatic carbocycles. The second kappa shape index (κ2) is 11.2. The molecular weight excluding hydrogens is 637 g/mol. The minimum atomic E-state index is 1.01. The number of para-hydroxylation sites is 1. The van der Waals surface area contributed by atoms with E-state index in [1.807, 2.05) is 11.3 Å². The van der Waals surface area contributed by atoms with Crippen molar-refractivity contribution in [3.8, 4) is 33.6 Å². The summed E-state index contributed by atoms with van der Waals surface area (Å²) < 4.78 is 7.66. The van der Waals surface area contributed by atoms with Gasteiger partial charge in [-0.3, -0.25) is 0 Å². The topological polar surface area (TPSA) is 9.86 Å². The Morgan fingerprint density at radius 2 is 1.12 bits per heavy atom. The summed E-state index contributed by atoms with van der Waals surface area (Å²) in [5, 5.41) is 6.63. The molecule has 1 aliphatic rings. The Bertz CT molecular complexity index is 3010. The van der Waals surface area contributed by atoms with Crippen LogP contribution in [0, 0.1) is 0 Å². The molecule has 0 N–H and O–H groups in total. The molecule has 0 fully saturated rings. The Morgan fingerprint density at radius 3 is 2.00 bits per heavy atom. The SMILES string of the molecule is C1=Cc2c(n(-c3cccc(-c4ccc5c(c4)sc4ccccc45)c3)c3ccc4c(c5ccccc5n4-c4ccc(-c5ccccc5)cc4)c23)CC1. The lowest BCUT2D eigenvalue weighted by Gasteiger charge is -2.14. The van der Waals surface area contributed by atoms with Crippen molar-refractivity contribution in [1.82, 2.24) is 9.13 Å². The molecule has 240 valence electrons. The van der Waals surface area contributed by atoms with Crippen molar-refractivity contribution in [3.63, 3.8) is 0 Å². The van der Waals surface area contributed by atoms with Gasteiger partial charge in [0.25, 0.3) is 0 Å². The van der Waals surface area contributed by atoms with Crippen molar-refractivity contribution >= 4 is 70.3 Å². The average molecular weight is 669 g/mol. The van der Waals surface area contributed by atoms with E-state index in [9.17, 15) is 0 Å². The first-order chi connectivity index (χ1) is 25.3. The van der Waals surface area contributed by atoms with Gasteiger partial charge in [-0.05, 0) is 89.7 Å². The Morgan fingerprint density at radius 1 is 0.431 bits per heavy atom. The van der Waals surface area contributed by atoms with Gasteiger partial charge in [0, 0.05) is 59.0 Å². The lowest BCUT2D eigenvalue weighted by atomic mass is 9.99. The van der Waals surface area contributed by atoms with Crippen LogP contribution >= 0.6 is 11.3 Å². The van der Waals surface area contributed by atoms with Gasteiger partial charge in [0.05, 0.1) is 16.6 Å². The Balaban J connectivity index is 1.11. The average Bonchev–Trinajstić information content (AvgIpc) is 3.85. The van der Waals surface area contributed by atoms with Gasteiger partial charge in [-0.25, -0.2) is 0 Å². The summed E-state index contributed by atoms with van der Waals surface area (Å²) in [6, 6.07) is 58.1. The fraction of sp³-hybridized carbons (Fsp3) is 0.0417. The normalized spacial score (nSPS) is 12.9. The molecular formula is C48H32N2S. The first kappa shape index (κ1) is 28.7. The third-order valence-corrected chi connectivity index (χ3v) is 11.9. The zero-order valence-electron chi connectivity index (χ0n) is 27.9. The molecule has 3 aromatic heterocycles. The van der Waals surface area contributed by atoms with Crippen molar-refractivity contribution in [3.05, 3.63) is 175 Å². The first-order valence-corrected chi connectivity index (χ1v) is 18.6. The maximum absolute atomic E-state index is 2.54. The molecule has 11 rings (SSSR count). The van der Waals surface area contributed by atoms with E-state index in [4.69, 9.17) is 0 Å². The summed E-state index contributed by atoms with van der Waals surface area (Å²) in [5.41, 5.74) is 13.8. The lowest BCUT2D eigenvalue weighted by molar-refractivity contribution is 0.889. The molecule has 0 unspecified atom stereocenters. The van der Waals surface area contributed by atoms with Gasteiger partial charge in [0.2, 0.25) is 0 Å². The highest BCUT2D eigenvalue weighted by Crippen LogP contribution is 2.44. The number of rotatable bonds is 4. The molecule has 2 nitrogen and oxygen atoms in total. The van der Waals surface area contributed by atoms with E-state index in [0.717, 1.165) is 12.8 Å². The minimum absolute atomic E-state index is 1.01. The van der Waals surface area contributed by atoms with Crippen molar-refractivity contribution in [2.24, 2.45) is 0 Å². The highest BCUT2D eigenvalue weighted by Gasteiger charge is 2.24. The molecule has 0 amide bonds. The summed E-state index contributed by atoms with van der Waals surface area (Å²) in [6.45, 7) is 0. The Kier molecular flexibility index (Phi) is 6.28. The number of thiophene rings is 1. The lowest BCUT2D eigenvalue weighted by Crippen LogP contribution is -2.03. The summed E-state index contributed by atoms with van der Waals surface area (Å²) >= 11 is 1.88. The van der Waals surface area contributed by atoms with Crippen LogP contribution in [0.15, 0.2) is 164 Å². The number of nitrogens with zero attached hydrogens (tertiary/aromatic N) is 2. The van der Waals surface area contributed by atoms with E-state index >= 15 is 0 Å². The third kappa shape index (κ3) is 4.35. The van der Waals surface area contributed by atoms with Gasteiger partial charge in [0.15, 0.2) is 0 Å². The third-order valence-electron chi connectivity index (χ3n) is 10.8. The Hall–Kier alpha value is -6.16. The zero-order chi connectivity index (χ0) is 33.5. The number of fused-ring (bicyclic) bond motifs is 10. The highest BCUT2D eigenvalue weighted by atomic mass is 32.1. The van der Waals surface area contributed by atoms with Gasteiger partial charge < -0.3 is 9.13 Å². The van der Waals surface area contributed by atoms with E-state index in [-0.39, 0.29) is 0 Å². The van der Waals surface area contributed by atoms with Crippen LogP contribution in [0.25, 0.3) is 92.6 Å². The van der Waals surface area contributed by atoms with Gasteiger partial charge in [-0.2, -0.15) is 0 Å². The molecule has 0 bridgehead atoms. The van der Waals surface area contributed by atoms with Gasteiger partial charge in [0.1, 0.15) is 0 Å². The smallest absolute Gasteiger partial charge is 0.0548 e. The molecule has 1 aliphatic carbocycles. The summed E-state index contributed by atoms with van der Waals surface area (Å²) in [7, 11) is 0. The molecule has 3 heteroatoms. The second-order valence-electron chi connectivity index (χ2n) is 13.6. The molecule has 0 spiro atoms. The van der Waals surface area contributed by atoms with E-state index in [2.05, 4.69) is 179 Å². The number of benzene rings is 7. The predicted molar refractivity (Wildman–Crippen MR) is 219 cm³/mol. The predicted octanol–water partition coefficient (Wildman–Crippen LogP) is 13.4. The van der Waals surface area contributed by atoms with Crippen LogP contribution in [0.5, 0.6) is 0 Å². The number of hydrogen-bond donors (Lipinski definition) is 0. The minimum Gasteiger partial charge on any atom is -0.313 e. The van der Waals surface area contributed by atoms with Crippen molar-refractivity contribution in [1.29, 1.82) is 0 Å². The molecule has 0 aliphatic heterocycles. The molecule has 0 radical (unpaired) electrons. The van der Waals surface area contributed by atoms with Crippen molar-refractivity contribution < 1.29 is 0 Å². The van der Waals surface area contributed by atoms with Gasteiger partial charge in [-0.15, -0.1) is 11.3 Å². The van der Waals surface area contributed by atoms with Crippen LogP contribution in [0.4, 0.5) is 0 Å².